The van der Waals surface area contributed by atoms with E-state index in [0.717, 1.165) is 17.1 Å². The summed E-state index contributed by atoms with van der Waals surface area (Å²) >= 11 is 0. The van der Waals surface area contributed by atoms with E-state index in [1.54, 1.807) is 17.7 Å². The van der Waals surface area contributed by atoms with Crippen LogP contribution in [0.2, 0.25) is 0 Å². The minimum Gasteiger partial charge on any atom is -0.497 e. The Morgan fingerprint density at radius 1 is 0.774 bits per heavy atom. The predicted molar refractivity (Wildman–Crippen MR) is 115 cm³/mol. The highest BCUT2D eigenvalue weighted by molar-refractivity contribution is 5.40. The summed E-state index contributed by atoms with van der Waals surface area (Å²) in [6, 6.07) is 18.5. The number of hydrogen-bond acceptors (Lipinski definition) is 6. The van der Waals surface area contributed by atoms with Gasteiger partial charge in [0.05, 0.1) is 39.2 Å². The Balaban J connectivity index is 1.60. The quantitative estimate of drug-likeness (QED) is 0.630. The van der Waals surface area contributed by atoms with Gasteiger partial charge in [0.15, 0.2) is 11.5 Å². The van der Waals surface area contributed by atoms with Crippen LogP contribution in [0, 0.1) is 0 Å². The summed E-state index contributed by atoms with van der Waals surface area (Å²) in [5.41, 5.74) is 1.91. The first-order valence-corrected chi connectivity index (χ1v) is 10.1. The molecular weight excluding hydrogens is 398 g/mol. The van der Waals surface area contributed by atoms with Crippen LogP contribution in [-0.2, 0) is 22.7 Å². The molecule has 0 radical (unpaired) electrons. The van der Waals surface area contributed by atoms with Crippen molar-refractivity contribution in [3.8, 4) is 22.9 Å². The minimum absolute atomic E-state index is 0.138. The first kappa shape index (κ1) is 21.0. The molecule has 0 amide bonds. The summed E-state index contributed by atoms with van der Waals surface area (Å²) in [4.78, 5) is 13.2. The minimum atomic E-state index is -0.138. The molecule has 0 N–H and O–H groups in total. The van der Waals surface area contributed by atoms with Crippen molar-refractivity contribution in [1.82, 2.24) is 4.57 Å². The predicted octanol–water partition coefficient (Wildman–Crippen LogP) is 3.35. The molecule has 0 aliphatic carbocycles. The molecule has 0 fully saturated rings. The molecule has 5 rings (SSSR count). The number of aromatic nitrogens is 1. The Morgan fingerprint density at radius 3 is 2.06 bits per heavy atom. The average Bonchev–Trinajstić information content (AvgIpc) is 2.80. The van der Waals surface area contributed by atoms with Crippen LogP contribution in [-0.4, -0.2) is 38.1 Å². The smallest absolute Gasteiger partial charge is 0.260 e. The highest BCUT2D eigenvalue weighted by Crippen LogP contribution is 2.26. The topological polar surface area (TPSA) is 68.2 Å². The molecule has 7 nitrogen and oxygen atoms in total. The molecule has 0 spiro atoms. The van der Waals surface area contributed by atoms with Crippen molar-refractivity contribution in [2.45, 2.75) is 13.2 Å². The molecule has 3 aromatic rings. The van der Waals surface area contributed by atoms with Gasteiger partial charge in [-0.1, -0.05) is 12.1 Å². The van der Waals surface area contributed by atoms with Gasteiger partial charge in [0.2, 0.25) is 0 Å². The summed E-state index contributed by atoms with van der Waals surface area (Å²) in [6.45, 7) is 1.89. The van der Waals surface area contributed by atoms with Crippen molar-refractivity contribution in [2.24, 2.45) is 0 Å². The van der Waals surface area contributed by atoms with E-state index in [9.17, 15) is 4.79 Å². The number of nitrogens with zero attached hydrogens (tertiary/aromatic N) is 1. The third kappa shape index (κ3) is 5.07. The summed E-state index contributed by atoms with van der Waals surface area (Å²) in [5.74, 6) is 2.04. The highest BCUT2D eigenvalue weighted by Gasteiger charge is 2.13. The van der Waals surface area contributed by atoms with E-state index in [4.69, 9.17) is 23.7 Å². The Bertz CT molecular complexity index is 1060. The maximum atomic E-state index is 13.2. The Hall–Kier alpha value is -3.29. The first-order chi connectivity index (χ1) is 15.3. The first-order valence-electron chi connectivity index (χ1n) is 10.1. The van der Waals surface area contributed by atoms with E-state index in [2.05, 4.69) is 0 Å². The lowest BCUT2D eigenvalue weighted by molar-refractivity contribution is 0.0763. The number of rotatable bonds is 2. The maximum Gasteiger partial charge on any atom is 0.260 e. The fraction of sp³-hybridized carbons (Fsp3) is 0.292. The van der Waals surface area contributed by atoms with Gasteiger partial charge in [0, 0.05) is 11.3 Å². The van der Waals surface area contributed by atoms with Gasteiger partial charge in [0.1, 0.15) is 19.0 Å². The maximum absolute atomic E-state index is 13.2. The molecule has 2 aliphatic heterocycles. The van der Waals surface area contributed by atoms with E-state index in [1.165, 1.54) is 0 Å². The van der Waals surface area contributed by atoms with E-state index in [0.29, 0.717) is 43.5 Å². The van der Waals surface area contributed by atoms with Crippen molar-refractivity contribution < 1.29 is 23.7 Å². The van der Waals surface area contributed by atoms with Crippen molar-refractivity contribution in [3.63, 3.8) is 0 Å². The number of para-hydroxylation sites is 2. The third-order valence-corrected chi connectivity index (χ3v) is 4.90. The molecule has 2 aromatic carbocycles. The van der Waals surface area contributed by atoms with Gasteiger partial charge in [-0.05, 0) is 48.5 Å². The second-order valence-corrected chi connectivity index (χ2v) is 6.94. The lowest BCUT2D eigenvalue weighted by Crippen LogP contribution is -2.26. The summed E-state index contributed by atoms with van der Waals surface area (Å²) < 4.78 is 30.0. The molecule has 3 heterocycles. The number of benzene rings is 2. The van der Waals surface area contributed by atoms with Gasteiger partial charge in [-0.3, -0.25) is 9.36 Å². The molecule has 31 heavy (non-hydrogen) atoms. The van der Waals surface area contributed by atoms with Gasteiger partial charge in [-0.25, -0.2) is 0 Å². The SMILES string of the molecule is COc1ccc(-n2c3ccc(c2=O)COCCOc2ccccc2OCCOC3)cc1. The molecule has 0 saturated carbocycles. The molecule has 0 saturated heterocycles. The Labute approximate surface area is 180 Å². The second kappa shape index (κ2) is 10.1. The fourth-order valence-corrected chi connectivity index (χ4v) is 3.32. The van der Waals surface area contributed by atoms with E-state index in [-0.39, 0.29) is 18.8 Å². The molecule has 0 atom stereocenters. The van der Waals surface area contributed by atoms with E-state index in [1.807, 2.05) is 54.6 Å². The van der Waals surface area contributed by atoms with Crippen LogP contribution >= 0.6 is 0 Å². The van der Waals surface area contributed by atoms with Crippen LogP contribution in [0.3, 0.4) is 0 Å². The van der Waals surface area contributed by atoms with E-state index < -0.39 is 0 Å². The molecule has 162 valence electrons. The van der Waals surface area contributed by atoms with Gasteiger partial charge in [0.25, 0.3) is 5.56 Å². The average molecular weight is 423 g/mol. The standard InChI is InChI=1S/C24H25NO6/c1-27-21-10-8-19(9-11-21)25-20-7-6-18(24(25)26)16-28-12-14-30-22-4-2-3-5-23(22)31-15-13-29-17-20/h2-11H,12-17H2,1H3. The summed E-state index contributed by atoms with van der Waals surface area (Å²) in [5, 5.41) is 0. The molecule has 2 aliphatic rings. The van der Waals surface area contributed by atoms with Crippen LogP contribution in [0.4, 0.5) is 0 Å². The number of hydrogen-bond donors (Lipinski definition) is 0. The molecule has 0 unspecified atom stereocenters. The van der Waals surface area contributed by atoms with Crippen LogP contribution in [0.1, 0.15) is 11.3 Å². The van der Waals surface area contributed by atoms with Crippen LogP contribution < -0.4 is 19.8 Å². The zero-order valence-corrected chi connectivity index (χ0v) is 17.4. The lowest BCUT2D eigenvalue weighted by Gasteiger charge is -2.17. The molecule has 1 aromatic heterocycles. The normalized spacial score (nSPS) is 14.9. The second-order valence-electron chi connectivity index (χ2n) is 6.94. The number of pyridine rings is 1. The lowest BCUT2D eigenvalue weighted by atomic mass is 10.2. The monoisotopic (exact) mass is 423 g/mol. The van der Waals surface area contributed by atoms with Crippen molar-refractivity contribution in [2.75, 3.05) is 33.5 Å². The highest BCUT2D eigenvalue weighted by atomic mass is 16.6. The number of ether oxygens (including phenoxy) is 5. The van der Waals surface area contributed by atoms with E-state index >= 15 is 0 Å². The van der Waals surface area contributed by atoms with Crippen molar-refractivity contribution in [3.05, 3.63) is 82.3 Å². The molecule has 2 bridgehead atoms. The van der Waals surface area contributed by atoms with Crippen LogP contribution in [0.25, 0.3) is 5.69 Å². The third-order valence-electron chi connectivity index (χ3n) is 4.90. The fourth-order valence-electron chi connectivity index (χ4n) is 3.32. The zero-order valence-electron chi connectivity index (χ0n) is 17.4. The van der Waals surface area contributed by atoms with Gasteiger partial charge in [-0.2, -0.15) is 0 Å². The summed E-state index contributed by atoms with van der Waals surface area (Å²) in [7, 11) is 1.61. The Morgan fingerprint density at radius 2 is 1.42 bits per heavy atom. The molecular formula is C24H25NO6. The van der Waals surface area contributed by atoms with Crippen molar-refractivity contribution in [1.29, 1.82) is 0 Å². The van der Waals surface area contributed by atoms with Gasteiger partial charge >= 0.3 is 0 Å². The van der Waals surface area contributed by atoms with Crippen LogP contribution in [0.15, 0.2) is 65.5 Å². The molecule has 7 heteroatoms. The largest absolute Gasteiger partial charge is 0.497 e. The van der Waals surface area contributed by atoms with Gasteiger partial charge < -0.3 is 23.7 Å². The number of fused-ring (bicyclic) bond motifs is 10. The summed E-state index contributed by atoms with van der Waals surface area (Å²) in [6.07, 6.45) is 0. The Kier molecular flexibility index (Phi) is 6.86. The number of methoxy groups -OCH3 is 1. The zero-order chi connectivity index (χ0) is 21.5. The van der Waals surface area contributed by atoms with Crippen LogP contribution in [0.5, 0.6) is 17.2 Å². The van der Waals surface area contributed by atoms with Crippen molar-refractivity contribution >= 4 is 0 Å². The van der Waals surface area contributed by atoms with Gasteiger partial charge in [-0.15, -0.1) is 0 Å².